The Kier molecular flexibility index (Phi) is 7.72. The van der Waals surface area contributed by atoms with E-state index in [1.54, 1.807) is 5.38 Å². The zero-order valence-corrected chi connectivity index (χ0v) is 22.3. The number of nitrogen functional groups attached to an aromatic ring is 1. The fourth-order valence-corrected chi connectivity index (χ4v) is 6.91. The number of aryl methyl sites for hydroxylation is 1. The molecule has 4 heterocycles. The lowest BCUT2D eigenvalue weighted by Crippen LogP contribution is -2.70. The van der Waals surface area contributed by atoms with Crippen molar-refractivity contribution in [3.8, 4) is 5.75 Å². The number of amides is 2. The molecule has 2 aliphatic rings. The van der Waals surface area contributed by atoms with Crippen molar-refractivity contribution in [2.24, 2.45) is 7.05 Å². The molecule has 1 fully saturated rings. The van der Waals surface area contributed by atoms with E-state index in [-0.39, 0.29) is 38.6 Å². The van der Waals surface area contributed by atoms with E-state index in [2.05, 4.69) is 15.4 Å². The molecular weight excluding hydrogens is 568 g/mol. The third kappa shape index (κ3) is 5.01. The Balaban J connectivity index is 1.53. The van der Waals surface area contributed by atoms with Gasteiger partial charge in [0.15, 0.2) is 10.9 Å². The van der Waals surface area contributed by atoms with Gasteiger partial charge in [-0.1, -0.05) is 23.4 Å². The van der Waals surface area contributed by atoms with E-state index in [1.807, 2.05) is 0 Å². The van der Waals surface area contributed by atoms with Crippen LogP contribution < -0.4 is 16.5 Å². The topological polar surface area (TPSA) is 190 Å². The number of nitrogens with zero attached hydrogens (tertiary/aromatic N) is 4. The van der Waals surface area contributed by atoms with Crippen molar-refractivity contribution in [1.29, 1.82) is 0 Å². The summed E-state index contributed by atoms with van der Waals surface area (Å²) in [4.78, 5) is 55.1. The molecule has 0 bridgehead atoms. The van der Waals surface area contributed by atoms with Crippen LogP contribution in [-0.4, -0.2) is 77.7 Å². The van der Waals surface area contributed by atoms with Gasteiger partial charge in [-0.3, -0.25) is 24.0 Å². The van der Waals surface area contributed by atoms with Crippen LogP contribution >= 0.6 is 46.5 Å². The number of rotatable bonds is 8. The Hall–Kier alpha value is -3.21. The fourth-order valence-electron chi connectivity index (χ4n) is 3.66. The number of ether oxygens (including phenoxy) is 1. The highest BCUT2D eigenvalue weighted by Gasteiger charge is 2.54. The largest absolute Gasteiger partial charge is 0.503 e. The zero-order chi connectivity index (χ0) is 27.0. The quantitative estimate of drug-likeness (QED) is 0.147. The van der Waals surface area contributed by atoms with E-state index in [9.17, 15) is 29.4 Å². The zero-order valence-electron chi connectivity index (χ0n) is 19.1. The number of fused-ring (bicyclic) bond motifs is 1. The average Bonchev–Trinajstić information content (AvgIpc) is 3.29. The third-order valence-corrected chi connectivity index (χ3v) is 8.82. The Morgan fingerprint density at radius 3 is 2.78 bits per heavy atom. The number of aromatic hydroxyl groups is 1. The maximum Gasteiger partial charge on any atom is 0.352 e. The number of halogens is 1. The molecule has 4 rings (SSSR count). The summed E-state index contributed by atoms with van der Waals surface area (Å²) in [6.07, 6.45) is 1.19. The smallest absolute Gasteiger partial charge is 0.352 e. The summed E-state index contributed by atoms with van der Waals surface area (Å²) in [6, 6.07) is -0.970. The van der Waals surface area contributed by atoms with Crippen molar-refractivity contribution in [2.45, 2.75) is 16.4 Å². The molecule has 5 N–H and O–H groups in total. The molecule has 2 amide bonds. The van der Waals surface area contributed by atoms with E-state index in [4.69, 9.17) is 22.1 Å². The SMILES string of the molecule is COC=C(C(=O)NC1C(=O)N2C(C(=O)O)=C(CSc3c(O)c(=O)c(Cl)nn3C)CSC12)c1csc(N)n1. The molecule has 196 valence electrons. The van der Waals surface area contributed by atoms with Crippen molar-refractivity contribution in [1.82, 2.24) is 25.0 Å². The molecule has 2 atom stereocenters. The predicted molar refractivity (Wildman–Crippen MR) is 138 cm³/mol. The highest BCUT2D eigenvalue weighted by atomic mass is 35.5. The van der Waals surface area contributed by atoms with Gasteiger partial charge in [-0.25, -0.2) is 9.78 Å². The van der Waals surface area contributed by atoms with Crippen molar-refractivity contribution in [3.05, 3.63) is 44.0 Å². The number of hydrogen-bond donors (Lipinski definition) is 4. The van der Waals surface area contributed by atoms with E-state index < -0.39 is 45.5 Å². The number of β-lactam (4-membered cyclic amide) rings is 1. The minimum absolute atomic E-state index is 0.0539. The second-order valence-electron chi connectivity index (χ2n) is 7.64. The lowest BCUT2D eigenvalue weighted by molar-refractivity contribution is -0.150. The molecule has 0 aromatic carbocycles. The molecule has 17 heteroatoms. The van der Waals surface area contributed by atoms with Gasteiger partial charge >= 0.3 is 5.97 Å². The normalized spacial score (nSPS) is 19.4. The molecule has 0 saturated carbocycles. The van der Waals surface area contributed by atoms with Gasteiger partial charge in [0.1, 0.15) is 27.7 Å². The molecule has 2 aliphatic heterocycles. The summed E-state index contributed by atoms with van der Waals surface area (Å²) in [6.45, 7) is 0. The van der Waals surface area contributed by atoms with E-state index >= 15 is 0 Å². The molecule has 0 aliphatic carbocycles. The van der Waals surface area contributed by atoms with Crippen LogP contribution in [0.25, 0.3) is 5.57 Å². The Morgan fingerprint density at radius 2 is 2.16 bits per heavy atom. The maximum absolute atomic E-state index is 13.0. The Bertz CT molecular complexity index is 1420. The molecule has 0 spiro atoms. The van der Waals surface area contributed by atoms with Gasteiger partial charge in [-0.05, 0) is 5.57 Å². The number of carboxylic acid groups (broad SMARTS) is 1. The first-order valence-corrected chi connectivity index (χ1v) is 13.6. The number of thiazole rings is 1. The van der Waals surface area contributed by atoms with Crippen LogP contribution in [-0.2, 0) is 26.2 Å². The number of carbonyl (C=O) groups is 3. The summed E-state index contributed by atoms with van der Waals surface area (Å²) < 4.78 is 6.19. The van der Waals surface area contributed by atoms with Gasteiger partial charge in [-0.15, -0.1) is 23.1 Å². The maximum atomic E-state index is 13.0. The number of hydrogen-bond acceptors (Lipinski definition) is 12. The number of aliphatic carboxylic acids is 1. The minimum atomic E-state index is -1.32. The summed E-state index contributed by atoms with van der Waals surface area (Å²) >= 11 is 9.08. The van der Waals surface area contributed by atoms with Crippen LogP contribution in [0.2, 0.25) is 5.15 Å². The van der Waals surface area contributed by atoms with Gasteiger partial charge in [0.05, 0.1) is 19.1 Å². The number of nitrogens with one attached hydrogen (secondary N) is 1. The summed E-state index contributed by atoms with van der Waals surface area (Å²) in [5.74, 6) is -2.85. The van der Waals surface area contributed by atoms with E-state index in [0.717, 1.165) is 28.0 Å². The fraction of sp³-hybridized carbons (Fsp3) is 0.300. The molecule has 2 aromatic heterocycles. The summed E-state index contributed by atoms with van der Waals surface area (Å²) in [7, 11) is 2.83. The van der Waals surface area contributed by atoms with Crippen molar-refractivity contribution in [3.63, 3.8) is 0 Å². The highest BCUT2D eigenvalue weighted by Crippen LogP contribution is 2.42. The van der Waals surface area contributed by atoms with Crippen molar-refractivity contribution in [2.75, 3.05) is 24.3 Å². The predicted octanol–water partition coefficient (Wildman–Crippen LogP) is 0.696. The van der Waals surface area contributed by atoms with Crippen LogP contribution in [0.5, 0.6) is 5.75 Å². The number of nitrogens with two attached hydrogens (primary N) is 1. The number of thioether (sulfide) groups is 2. The van der Waals surface area contributed by atoms with Crippen LogP contribution in [0.1, 0.15) is 5.69 Å². The first-order chi connectivity index (χ1) is 17.5. The third-order valence-electron chi connectivity index (χ3n) is 5.33. The van der Waals surface area contributed by atoms with E-state index in [0.29, 0.717) is 5.57 Å². The van der Waals surface area contributed by atoms with Gasteiger partial charge in [0.25, 0.3) is 17.2 Å². The first kappa shape index (κ1) is 26.8. The number of methoxy groups -OCH3 is 1. The number of aromatic nitrogens is 3. The van der Waals surface area contributed by atoms with Crippen LogP contribution in [0.3, 0.4) is 0 Å². The van der Waals surface area contributed by atoms with Crippen LogP contribution in [0.15, 0.2) is 32.7 Å². The molecule has 1 saturated heterocycles. The van der Waals surface area contributed by atoms with Crippen LogP contribution in [0, 0.1) is 0 Å². The van der Waals surface area contributed by atoms with Gasteiger partial charge in [0, 0.05) is 23.9 Å². The summed E-state index contributed by atoms with van der Waals surface area (Å²) in [5.41, 5.74) is 5.34. The molecule has 37 heavy (non-hydrogen) atoms. The highest BCUT2D eigenvalue weighted by molar-refractivity contribution is 8.01. The second-order valence-corrected chi connectivity index (χ2v) is 11.0. The summed E-state index contributed by atoms with van der Waals surface area (Å²) in [5, 5.41) is 27.4. The average molecular weight is 587 g/mol. The minimum Gasteiger partial charge on any atom is -0.503 e. The molecule has 2 aromatic rings. The standard InChI is InChI=1S/C20H19ClN6O7S3/c1-26-18(13(29)12(28)14(21)25-26)36-5-7-4-35-17-10(16(31)27(17)11(7)19(32)33)24-15(30)8(3-34-2)9-6-37-20(22)23-9/h3,6,10,17,29H,4-5H2,1-2H3,(H2,22,23)(H,24,30)(H,32,33). The Labute approximate surface area is 226 Å². The number of carboxylic acids is 1. The molecule has 13 nitrogen and oxygen atoms in total. The lowest BCUT2D eigenvalue weighted by atomic mass is 10.0. The van der Waals surface area contributed by atoms with Gasteiger partial charge in [0.2, 0.25) is 5.15 Å². The monoisotopic (exact) mass is 586 g/mol. The first-order valence-electron chi connectivity index (χ1n) is 10.3. The Morgan fingerprint density at radius 1 is 1.43 bits per heavy atom. The van der Waals surface area contributed by atoms with Crippen molar-refractivity contribution < 1.29 is 29.3 Å². The molecule has 2 unspecified atom stereocenters. The molecule has 0 radical (unpaired) electrons. The van der Waals surface area contributed by atoms with Gasteiger partial charge in [-0.2, -0.15) is 5.10 Å². The lowest BCUT2D eigenvalue weighted by Gasteiger charge is -2.49. The molecular formula is C20H19ClN6O7S3. The number of anilines is 1. The van der Waals surface area contributed by atoms with Gasteiger partial charge < -0.3 is 26.0 Å². The van der Waals surface area contributed by atoms with Crippen LogP contribution in [0.4, 0.5) is 5.13 Å². The number of carbonyl (C=O) groups excluding carboxylic acids is 2. The van der Waals surface area contributed by atoms with E-state index in [1.165, 1.54) is 36.9 Å². The van der Waals surface area contributed by atoms with Crippen molar-refractivity contribution >= 4 is 74.9 Å². The second kappa shape index (κ2) is 10.6.